The third-order valence-electron chi connectivity index (χ3n) is 4.18. The Morgan fingerprint density at radius 1 is 1.25 bits per heavy atom. The maximum absolute atomic E-state index is 12.0. The average molecular weight is 215 g/mol. The van der Waals surface area contributed by atoms with Gasteiger partial charge in [-0.2, -0.15) is 0 Å². The molecule has 3 rings (SSSR count). The number of carbonyl (C=O) groups is 1. The van der Waals surface area contributed by atoms with E-state index in [0.29, 0.717) is 17.7 Å². The number of ketones is 1. The van der Waals surface area contributed by atoms with E-state index in [1.165, 1.54) is 5.56 Å². The number of Topliss-reactive ketones (excluding diaryl/α,β-unsaturated/α-hetero) is 1. The summed E-state index contributed by atoms with van der Waals surface area (Å²) in [5.74, 6) is 1.15. The molecule has 1 aliphatic heterocycles. The van der Waals surface area contributed by atoms with Crippen LogP contribution in [0.3, 0.4) is 0 Å². The summed E-state index contributed by atoms with van der Waals surface area (Å²) in [6, 6.07) is 11.1. The minimum atomic E-state index is 0.242. The van der Waals surface area contributed by atoms with E-state index < -0.39 is 0 Å². The van der Waals surface area contributed by atoms with Crippen molar-refractivity contribution in [2.24, 2.45) is 5.92 Å². The third-order valence-corrected chi connectivity index (χ3v) is 4.18. The van der Waals surface area contributed by atoms with E-state index in [2.05, 4.69) is 36.2 Å². The Labute approximate surface area is 96.3 Å². The number of nitrogens with zero attached hydrogens (tertiary/aromatic N) is 1. The Balaban J connectivity index is 1.99. The summed E-state index contributed by atoms with van der Waals surface area (Å²) in [6.07, 6.45) is 1.81. The quantitative estimate of drug-likeness (QED) is 0.714. The van der Waals surface area contributed by atoms with Crippen LogP contribution in [0.1, 0.15) is 24.3 Å². The smallest absolute Gasteiger partial charge is 0.137 e. The Kier molecular flexibility index (Phi) is 2.32. The molecule has 2 heteroatoms. The van der Waals surface area contributed by atoms with E-state index in [1.54, 1.807) is 0 Å². The van der Waals surface area contributed by atoms with E-state index >= 15 is 0 Å². The molecule has 2 bridgehead atoms. The maximum Gasteiger partial charge on any atom is 0.137 e. The molecule has 2 nitrogen and oxygen atoms in total. The fourth-order valence-electron chi connectivity index (χ4n) is 3.41. The molecule has 3 unspecified atom stereocenters. The van der Waals surface area contributed by atoms with Gasteiger partial charge in [0.1, 0.15) is 5.78 Å². The fraction of sp³-hybridized carbons (Fsp3) is 0.500. The molecular formula is C14H17NO. The number of likely N-dealkylation sites (tertiary alicyclic amines) is 1. The number of likely N-dealkylation sites (N-methyl/N-ethyl adjacent to an activating group) is 1. The van der Waals surface area contributed by atoms with E-state index in [4.69, 9.17) is 0 Å². The first-order valence-corrected chi connectivity index (χ1v) is 6.05. The largest absolute Gasteiger partial charge is 0.302 e. The molecule has 3 atom stereocenters. The first kappa shape index (κ1) is 10.0. The molecule has 1 aromatic carbocycles. The molecule has 1 aromatic rings. The van der Waals surface area contributed by atoms with E-state index in [-0.39, 0.29) is 5.92 Å². The minimum Gasteiger partial charge on any atom is -0.302 e. The van der Waals surface area contributed by atoms with Crippen molar-refractivity contribution in [2.45, 2.75) is 24.8 Å². The lowest BCUT2D eigenvalue weighted by atomic mass is 9.75. The summed E-state index contributed by atoms with van der Waals surface area (Å²) >= 11 is 0. The van der Waals surface area contributed by atoms with Gasteiger partial charge in [-0.15, -0.1) is 0 Å². The second-order valence-electron chi connectivity index (χ2n) is 5.05. The molecule has 0 spiro atoms. The molecule has 0 N–H and O–H groups in total. The first-order chi connectivity index (χ1) is 7.77. The second kappa shape index (κ2) is 3.70. The van der Waals surface area contributed by atoms with Crippen LogP contribution < -0.4 is 0 Å². The summed E-state index contributed by atoms with van der Waals surface area (Å²) in [6.45, 7) is 0.947. The van der Waals surface area contributed by atoms with Crippen molar-refractivity contribution in [1.82, 2.24) is 4.90 Å². The van der Waals surface area contributed by atoms with Gasteiger partial charge in [0.2, 0.25) is 0 Å². The van der Waals surface area contributed by atoms with Crippen molar-refractivity contribution in [3.8, 4) is 0 Å². The van der Waals surface area contributed by atoms with E-state index in [1.807, 2.05) is 6.07 Å². The van der Waals surface area contributed by atoms with Gasteiger partial charge in [0.15, 0.2) is 0 Å². The van der Waals surface area contributed by atoms with Gasteiger partial charge in [0.25, 0.3) is 0 Å². The second-order valence-corrected chi connectivity index (χ2v) is 5.05. The van der Waals surface area contributed by atoms with Gasteiger partial charge in [-0.3, -0.25) is 4.79 Å². The molecule has 0 radical (unpaired) electrons. The van der Waals surface area contributed by atoms with Crippen LogP contribution in [0, 0.1) is 5.92 Å². The SMILES string of the molecule is CN1CC2C(=O)CCC1C2c1ccccc1. The van der Waals surface area contributed by atoms with Crippen molar-refractivity contribution in [2.75, 3.05) is 13.6 Å². The number of rotatable bonds is 1. The van der Waals surface area contributed by atoms with Crippen molar-refractivity contribution in [3.05, 3.63) is 35.9 Å². The van der Waals surface area contributed by atoms with Crippen LogP contribution in [0.2, 0.25) is 0 Å². The number of hydrogen-bond donors (Lipinski definition) is 0. The highest BCUT2D eigenvalue weighted by molar-refractivity contribution is 5.84. The van der Waals surface area contributed by atoms with Crippen LogP contribution in [0.15, 0.2) is 30.3 Å². The van der Waals surface area contributed by atoms with Crippen molar-refractivity contribution < 1.29 is 4.79 Å². The van der Waals surface area contributed by atoms with Crippen LogP contribution in [-0.4, -0.2) is 30.3 Å². The third kappa shape index (κ3) is 1.40. The lowest BCUT2D eigenvalue weighted by Crippen LogP contribution is -2.32. The van der Waals surface area contributed by atoms with Gasteiger partial charge in [-0.25, -0.2) is 0 Å². The summed E-state index contributed by atoms with van der Waals surface area (Å²) in [4.78, 5) is 14.3. The number of carbonyl (C=O) groups excluding carboxylic acids is 1. The maximum atomic E-state index is 12.0. The van der Waals surface area contributed by atoms with Crippen LogP contribution in [-0.2, 0) is 4.79 Å². The van der Waals surface area contributed by atoms with Gasteiger partial charge in [-0.1, -0.05) is 30.3 Å². The molecule has 1 saturated heterocycles. The standard InChI is InChI=1S/C14H17NO/c1-15-9-11-13(16)8-7-12(15)14(11)10-5-3-2-4-6-10/h2-6,11-12,14H,7-9H2,1H3. The Bertz CT molecular complexity index is 400. The van der Waals surface area contributed by atoms with Gasteiger partial charge in [0, 0.05) is 30.8 Å². The molecule has 16 heavy (non-hydrogen) atoms. The van der Waals surface area contributed by atoms with Crippen molar-refractivity contribution >= 4 is 5.78 Å². The Morgan fingerprint density at radius 3 is 2.75 bits per heavy atom. The molecule has 0 amide bonds. The van der Waals surface area contributed by atoms with Gasteiger partial charge >= 0.3 is 0 Å². The zero-order chi connectivity index (χ0) is 11.1. The molecule has 1 aliphatic carbocycles. The monoisotopic (exact) mass is 215 g/mol. The van der Waals surface area contributed by atoms with Crippen LogP contribution in [0.25, 0.3) is 0 Å². The van der Waals surface area contributed by atoms with Crippen LogP contribution >= 0.6 is 0 Å². The highest BCUT2D eigenvalue weighted by Gasteiger charge is 2.47. The normalized spacial score (nSPS) is 34.3. The summed E-state index contributed by atoms with van der Waals surface area (Å²) in [5.41, 5.74) is 1.34. The summed E-state index contributed by atoms with van der Waals surface area (Å²) in [7, 11) is 2.15. The molecule has 2 fully saturated rings. The first-order valence-electron chi connectivity index (χ1n) is 6.05. The van der Waals surface area contributed by atoms with Crippen molar-refractivity contribution in [1.29, 1.82) is 0 Å². The Morgan fingerprint density at radius 2 is 2.00 bits per heavy atom. The Hall–Kier alpha value is -1.15. The predicted molar refractivity (Wildman–Crippen MR) is 63.3 cm³/mol. The van der Waals surface area contributed by atoms with E-state index in [0.717, 1.165) is 19.4 Å². The van der Waals surface area contributed by atoms with Gasteiger partial charge in [0.05, 0.1) is 0 Å². The van der Waals surface area contributed by atoms with Crippen molar-refractivity contribution in [3.63, 3.8) is 0 Å². The molecule has 1 heterocycles. The molecule has 84 valence electrons. The zero-order valence-corrected chi connectivity index (χ0v) is 9.60. The zero-order valence-electron chi connectivity index (χ0n) is 9.60. The number of fused-ring (bicyclic) bond motifs is 2. The topological polar surface area (TPSA) is 20.3 Å². The number of hydrogen-bond acceptors (Lipinski definition) is 2. The molecule has 2 aliphatic rings. The molecule has 1 saturated carbocycles. The number of benzene rings is 1. The lowest BCUT2D eigenvalue weighted by Gasteiger charge is -2.30. The van der Waals surface area contributed by atoms with E-state index in [9.17, 15) is 4.79 Å². The minimum absolute atomic E-state index is 0.242. The van der Waals surface area contributed by atoms with Gasteiger partial charge < -0.3 is 4.90 Å². The fourth-order valence-corrected chi connectivity index (χ4v) is 3.41. The van der Waals surface area contributed by atoms with Crippen LogP contribution in [0.5, 0.6) is 0 Å². The summed E-state index contributed by atoms with van der Waals surface area (Å²) < 4.78 is 0. The summed E-state index contributed by atoms with van der Waals surface area (Å²) in [5, 5.41) is 0. The average Bonchev–Trinajstić information content (AvgIpc) is 2.57. The highest BCUT2D eigenvalue weighted by atomic mass is 16.1. The predicted octanol–water partition coefficient (Wildman–Crippen LogP) is 2.06. The highest BCUT2D eigenvalue weighted by Crippen LogP contribution is 2.43. The molecule has 0 aromatic heterocycles. The van der Waals surface area contributed by atoms with Gasteiger partial charge in [-0.05, 0) is 19.0 Å². The molecular weight excluding hydrogens is 198 g/mol. The lowest BCUT2D eigenvalue weighted by molar-refractivity contribution is -0.123. The van der Waals surface area contributed by atoms with Crippen LogP contribution in [0.4, 0.5) is 0 Å².